The van der Waals surface area contributed by atoms with Gasteiger partial charge in [0.2, 0.25) is 12.3 Å². The fourth-order valence-corrected chi connectivity index (χ4v) is 4.76. The van der Waals surface area contributed by atoms with E-state index >= 15 is 0 Å². The normalized spacial score (nSPS) is 12.7. The molecule has 2 atom stereocenters. The molecule has 10 nitrogen and oxygen atoms in total. The van der Waals surface area contributed by atoms with Gasteiger partial charge >= 0.3 is 0 Å². The highest BCUT2D eigenvalue weighted by atomic mass is 31.2. The first kappa shape index (κ1) is 30.4. The average Bonchev–Trinajstić information content (AvgIpc) is 3.38. The second kappa shape index (κ2) is 15.5. The molecular formula is C26H38N3O7P. The molecule has 0 aliphatic heterocycles. The van der Waals surface area contributed by atoms with Gasteiger partial charge in [0.15, 0.2) is 14.1 Å². The monoisotopic (exact) mass is 535 g/mol. The van der Waals surface area contributed by atoms with Crippen molar-refractivity contribution in [2.24, 2.45) is 5.92 Å². The Kier molecular flexibility index (Phi) is 12.7. The molecule has 11 heteroatoms. The van der Waals surface area contributed by atoms with Crippen LogP contribution in [0, 0.1) is 5.92 Å². The Balaban J connectivity index is 2.04. The van der Waals surface area contributed by atoms with Gasteiger partial charge in [0.05, 0.1) is 18.6 Å². The Morgan fingerprint density at radius 1 is 1.08 bits per heavy atom. The summed E-state index contributed by atoms with van der Waals surface area (Å²) < 4.78 is 5.74. The molecule has 5 N–H and O–H groups in total. The van der Waals surface area contributed by atoms with E-state index in [0.29, 0.717) is 30.1 Å². The van der Waals surface area contributed by atoms with Crippen LogP contribution in [-0.2, 0) is 22.2 Å². The molecule has 3 amide bonds. The zero-order chi connectivity index (χ0) is 27.4. The number of aryl methyl sites for hydroxylation is 1. The summed E-state index contributed by atoms with van der Waals surface area (Å²) in [7, 11) is -2.08. The topological polar surface area (TPSA) is 152 Å². The van der Waals surface area contributed by atoms with Gasteiger partial charge in [-0.1, -0.05) is 46.1 Å². The number of hydrogen-bond acceptors (Lipinski definition) is 7. The average molecular weight is 536 g/mol. The molecule has 0 fully saturated rings. The number of unbranched alkanes of at least 4 members (excludes halogenated alkanes) is 2. The summed E-state index contributed by atoms with van der Waals surface area (Å²) in [6.07, 6.45) is 4.78. The lowest BCUT2D eigenvalue weighted by Gasteiger charge is -2.29. The van der Waals surface area contributed by atoms with Crippen molar-refractivity contribution < 1.29 is 33.8 Å². The molecule has 2 unspecified atom stereocenters. The summed E-state index contributed by atoms with van der Waals surface area (Å²) in [6.45, 7) is 5.69. The number of amides is 3. The van der Waals surface area contributed by atoms with Gasteiger partial charge in [-0.05, 0) is 54.7 Å². The maximum atomic E-state index is 12.9. The molecule has 2 rings (SSSR count). The van der Waals surface area contributed by atoms with E-state index in [1.165, 1.54) is 6.07 Å². The minimum absolute atomic E-state index is 0.0627. The summed E-state index contributed by atoms with van der Waals surface area (Å²) in [6, 6.07) is 8.17. The van der Waals surface area contributed by atoms with E-state index in [-0.39, 0.29) is 24.5 Å². The number of benzene rings is 1. The summed E-state index contributed by atoms with van der Waals surface area (Å²) in [5.41, 5.74) is 2.50. The van der Waals surface area contributed by atoms with Crippen molar-refractivity contribution in [2.45, 2.75) is 71.5 Å². The van der Waals surface area contributed by atoms with Crippen molar-refractivity contribution in [1.29, 1.82) is 0 Å². The number of hydrogen-bond donors (Lipinski definition) is 5. The molecule has 1 heterocycles. The second-order valence-corrected chi connectivity index (χ2v) is 9.93. The Morgan fingerprint density at radius 3 is 2.43 bits per heavy atom. The van der Waals surface area contributed by atoms with E-state index < -0.39 is 26.2 Å². The first-order chi connectivity index (χ1) is 17.7. The molecule has 37 heavy (non-hydrogen) atoms. The van der Waals surface area contributed by atoms with Gasteiger partial charge < -0.3 is 24.8 Å². The van der Waals surface area contributed by atoms with E-state index in [1.54, 1.807) is 19.1 Å². The molecule has 1 aromatic carbocycles. The van der Waals surface area contributed by atoms with Crippen LogP contribution in [0.3, 0.4) is 0 Å². The van der Waals surface area contributed by atoms with Crippen LogP contribution >= 0.6 is 8.38 Å². The SMILES string of the molecule is CCCCCC(C(=O)NCNC(=O)c1ccc(-c2cc(CC)cc(CP(O)O)c2)o1)C(CC)N(O)C=O. The molecule has 2 aromatic rings. The van der Waals surface area contributed by atoms with Crippen LogP contribution in [0.4, 0.5) is 0 Å². The fourth-order valence-electron chi connectivity index (χ4n) is 4.26. The van der Waals surface area contributed by atoms with Crippen LogP contribution in [0.15, 0.2) is 34.7 Å². The van der Waals surface area contributed by atoms with Crippen LogP contribution < -0.4 is 10.6 Å². The number of hydroxylamine groups is 2. The number of carbonyl (C=O) groups is 3. The highest BCUT2D eigenvalue weighted by molar-refractivity contribution is 7.44. The number of nitrogens with one attached hydrogen (secondary N) is 2. The predicted molar refractivity (Wildman–Crippen MR) is 140 cm³/mol. The lowest BCUT2D eigenvalue weighted by molar-refractivity contribution is -0.168. The van der Waals surface area contributed by atoms with Crippen molar-refractivity contribution in [3.05, 3.63) is 47.2 Å². The largest absolute Gasteiger partial charge is 0.451 e. The molecule has 204 valence electrons. The Labute approximate surface area is 218 Å². The number of nitrogens with zero attached hydrogens (tertiary/aromatic N) is 1. The summed E-state index contributed by atoms with van der Waals surface area (Å²) in [4.78, 5) is 55.3. The van der Waals surface area contributed by atoms with Crippen LogP contribution in [0.1, 0.15) is 74.6 Å². The van der Waals surface area contributed by atoms with E-state index in [0.717, 1.165) is 42.4 Å². The third-order valence-electron chi connectivity index (χ3n) is 6.20. The standard InChI is InChI=1S/C26H38N3O7P/c1-4-7-8-9-21(22(6-3)29(33)17-30)25(31)27-16-28-26(32)24-11-10-23(36-24)20-13-18(5-2)12-19(14-20)15-37(34)35/h10-14,17,21-22,33-35H,4-9,15-16H2,1-3H3,(H,27,31)(H,28,32). The molecule has 0 radical (unpaired) electrons. The third kappa shape index (κ3) is 9.23. The maximum absolute atomic E-state index is 12.9. The van der Waals surface area contributed by atoms with Crippen LogP contribution in [0.5, 0.6) is 0 Å². The van der Waals surface area contributed by atoms with Gasteiger partial charge in [0.25, 0.3) is 5.91 Å². The smallest absolute Gasteiger partial charge is 0.288 e. The van der Waals surface area contributed by atoms with E-state index in [2.05, 4.69) is 10.6 Å². The van der Waals surface area contributed by atoms with E-state index in [4.69, 9.17) is 4.42 Å². The van der Waals surface area contributed by atoms with E-state index in [1.807, 2.05) is 26.0 Å². The molecular weight excluding hydrogens is 497 g/mol. The number of furan rings is 1. The molecule has 0 saturated carbocycles. The highest BCUT2D eigenvalue weighted by Gasteiger charge is 2.30. The van der Waals surface area contributed by atoms with E-state index in [9.17, 15) is 29.4 Å². The predicted octanol–water partition coefficient (Wildman–Crippen LogP) is 3.93. The third-order valence-corrected chi connectivity index (χ3v) is 6.84. The first-order valence-corrected chi connectivity index (χ1v) is 14.0. The minimum atomic E-state index is -2.08. The lowest BCUT2D eigenvalue weighted by Crippen LogP contribution is -2.47. The van der Waals surface area contributed by atoms with Crippen molar-refractivity contribution >= 4 is 26.6 Å². The highest BCUT2D eigenvalue weighted by Crippen LogP contribution is 2.32. The summed E-state index contributed by atoms with van der Waals surface area (Å²) in [5.74, 6) is -0.963. The lowest BCUT2D eigenvalue weighted by atomic mass is 9.90. The van der Waals surface area contributed by atoms with Crippen molar-refractivity contribution in [1.82, 2.24) is 15.7 Å². The van der Waals surface area contributed by atoms with Crippen LogP contribution in [0.2, 0.25) is 0 Å². The Hall–Kier alpha value is -2.78. The summed E-state index contributed by atoms with van der Waals surface area (Å²) in [5, 5.41) is 15.7. The zero-order valence-electron chi connectivity index (χ0n) is 21.6. The second-order valence-electron chi connectivity index (χ2n) is 8.87. The zero-order valence-corrected chi connectivity index (χ0v) is 22.5. The molecule has 0 bridgehead atoms. The molecule has 0 spiro atoms. The van der Waals surface area contributed by atoms with Gasteiger partial charge in [-0.2, -0.15) is 0 Å². The molecule has 0 aliphatic rings. The van der Waals surface area contributed by atoms with Gasteiger partial charge in [-0.3, -0.25) is 19.6 Å². The van der Waals surface area contributed by atoms with Crippen molar-refractivity contribution in [3.8, 4) is 11.3 Å². The number of carbonyl (C=O) groups excluding carboxylic acids is 3. The summed E-state index contributed by atoms with van der Waals surface area (Å²) >= 11 is 0. The Morgan fingerprint density at radius 2 is 1.81 bits per heavy atom. The van der Waals surface area contributed by atoms with Crippen molar-refractivity contribution in [3.63, 3.8) is 0 Å². The van der Waals surface area contributed by atoms with Gasteiger partial charge in [0.1, 0.15) is 5.76 Å². The molecule has 0 saturated heterocycles. The quantitative estimate of drug-likeness (QED) is 0.0545. The van der Waals surface area contributed by atoms with Crippen LogP contribution in [0.25, 0.3) is 11.3 Å². The first-order valence-electron chi connectivity index (χ1n) is 12.6. The van der Waals surface area contributed by atoms with Gasteiger partial charge in [-0.25, -0.2) is 5.06 Å². The number of rotatable bonds is 16. The minimum Gasteiger partial charge on any atom is -0.451 e. The van der Waals surface area contributed by atoms with Crippen molar-refractivity contribution in [2.75, 3.05) is 6.67 Å². The maximum Gasteiger partial charge on any atom is 0.288 e. The fraction of sp³-hybridized carbons (Fsp3) is 0.500. The van der Waals surface area contributed by atoms with Gasteiger partial charge in [-0.15, -0.1) is 0 Å². The van der Waals surface area contributed by atoms with Crippen LogP contribution in [-0.4, -0.2) is 51.0 Å². The molecule has 1 aromatic heterocycles. The molecule has 0 aliphatic carbocycles. The van der Waals surface area contributed by atoms with Gasteiger partial charge in [0, 0.05) is 11.7 Å². The Bertz CT molecular complexity index is 1030.